The van der Waals surface area contributed by atoms with Gasteiger partial charge in [-0.05, 0) is 68.4 Å². The molecule has 0 aromatic heterocycles. The normalized spacial score (nSPS) is 14.1. The molecule has 3 amide bonds. The van der Waals surface area contributed by atoms with Gasteiger partial charge in [-0.1, -0.05) is 12.1 Å². The lowest BCUT2D eigenvalue weighted by Gasteiger charge is -2.38. The third-order valence-corrected chi connectivity index (χ3v) is 5.19. The van der Waals surface area contributed by atoms with Crippen molar-refractivity contribution in [3.05, 3.63) is 83.9 Å². The zero-order valence-corrected chi connectivity index (χ0v) is 18.4. The molecule has 2 N–H and O–H groups in total. The minimum atomic E-state index is -1.25. The van der Waals surface area contributed by atoms with Gasteiger partial charge in [0.2, 0.25) is 5.91 Å². The van der Waals surface area contributed by atoms with Crippen LogP contribution in [0.2, 0.25) is 0 Å². The second-order valence-corrected chi connectivity index (χ2v) is 8.18. The highest BCUT2D eigenvalue weighted by molar-refractivity contribution is 6.10. The molecule has 3 aromatic rings. The number of anilines is 3. The Labute approximate surface area is 194 Å². The number of nitrogens with zero attached hydrogens (tertiary/aromatic N) is 1. The Morgan fingerprint density at radius 1 is 0.971 bits per heavy atom. The van der Waals surface area contributed by atoms with Crippen LogP contribution >= 0.6 is 0 Å². The quantitative estimate of drug-likeness (QED) is 0.586. The maximum atomic E-state index is 13.9. The maximum Gasteiger partial charge on any atom is 0.271 e. The fourth-order valence-corrected chi connectivity index (χ4v) is 3.50. The summed E-state index contributed by atoms with van der Waals surface area (Å²) < 4.78 is 32.8. The molecule has 0 unspecified atom stereocenters. The molecule has 0 atom stereocenters. The van der Waals surface area contributed by atoms with E-state index in [0.29, 0.717) is 11.4 Å². The molecule has 3 aromatic carbocycles. The second kappa shape index (κ2) is 8.93. The van der Waals surface area contributed by atoms with Crippen molar-refractivity contribution in [1.29, 1.82) is 0 Å². The van der Waals surface area contributed by atoms with Gasteiger partial charge < -0.3 is 15.4 Å². The average molecular weight is 465 g/mol. The largest absolute Gasteiger partial charge is 0.476 e. The smallest absolute Gasteiger partial charge is 0.271 e. The molecule has 1 aliphatic rings. The van der Waals surface area contributed by atoms with E-state index in [0.717, 1.165) is 0 Å². The van der Waals surface area contributed by atoms with E-state index < -0.39 is 35.0 Å². The van der Waals surface area contributed by atoms with Crippen molar-refractivity contribution in [3.8, 4) is 5.75 Å². The number of ether oxygens (including phenoxy) is 1. The topological polar surface area (TPSA) is 87.7 Å². The molecule has 0 fully saturated rings. The van der Waals surface area contributed by atoms with E-state index in [1.54, 1.807) is 19.9 Å². The van der Waals surface area contributed by atoms with Crippen LogP contribution in [0, 0.1) is 11.6 Å². The molecule has 7 nitrogen and oxygen atoms in total. The lowest BCUT2D eigenvalue weighted by atomic mass is 10.0. The Kier molecular flexibility index (Phi) is 6.02. The molecular formula is C25H21F2N3O4. The van der Waals surface area contributed by atoms with Crippen LogP contribution < -0.4 is 20.3 Å². The van der Waals surface area contributed by atoms with Gasteiger partial charge in [-0.25, -0.2) is 8.78 Å². The number of hydrogen-bond donors (Lipinski definition) is 2. The van der Waals surface area contributed by atoms with Crippen LogP contribution in [-0.4, -0.2) is 29.9 Å². The van der Waals surface area contributed by atoms with Gasteiger partial charge in [-0.2, -0.15) is 0 Å². The van der Waals surface area contributed by atoms with Crippen LogP contribution in [0.3, 0.4) is 0 Å². The summed E-state index contributed by atoms with van der Waals surface area (Å²) in [5.74, 6) is -2.33. The molecule has 0 saturated heterocycles. The van der Waals surface area contributed by atoms with Crippen molar-refractivity contribution in [1.82, 2.24) is 0 Å². The Bertz CT molecular complexity index is 1280. The Hall–Kier alpha value is -4.27. The van der Waals surface area contributed by atoms with Gasteiger partial charge in [0.25, 0.3) is 11.8 Å². The Morgan fingerprint density at radius 3 is 2.38 bits per heavy atom. The van der Waals surface area contributed by atoms with Crippen LogP contribution in [-0.2, 0) is 9.59 Å². The summed E-state index contributed by atoms with van der Waals surface area (Å²) in [4.78, 5) is 39.7. The Balaban J connectivity index is 1.60. The van der Waals surface area contributed by atoms with E-state index in [9.17, 15) is 23.2 Å². The lowest BCUT2D eigenvalue weighted by molar-refractivity contribution is -0.133. The zero-order valence-electron chi connectivity index (χ0n) is 18.4. The van der Waals surface area contributed by atoms with Crippen LogP contribution in [0.4, 0.5) is 25.8 Å². The molecule has 9 heteroatoms. The zero-order chi connectivity index (χ0) is 24.5. The predicted molar refractivity (Wildman–Crippen MR) is 123 cm³/mol. The number of rotatable bonds is 5. The van der Waals surface area contributed by atoms with Gasteiger partial charge in [0.15, 0.2) is 5.60 Å². The number of nitrogens with one attached hydrogen (secondary N) is 2. The van der Waals surface area contributed by atoms with E-state index in [-0.39, 0.29) is 23.5 Å². The summed E-state index contributed by atoms with van der Waals surface area (Å²) in [5, 5.41) is 5.10. The molecule has 1 heterocycles. The Morgan fingerprint density at radius 2 is 1.68 bits per heavy atom. The summed E-state index contributed by atoms with van der Waals surface area (Å²) in [6.45, 7) is 2.78. The minimum absolute atomic E-state index is 0.00853. The first kappa shape index (κ1) is 22.9. The number of halogens is 2. The van der Waals surface area contributed by atoms with Crippen molar-refractivity contribution >= 4 is 34.8 Å². The highest BCUT2D eigenvalue weighted by atomic mass is 19.1. The van der Waals surface area contributed by atoms with Crippen molar-refractivity contribution in [2.24, 2.45) is 0 Å². The second-order valence-electron chi connectivity index (χ2n) is 8.18. The summed E-state index contributed by atoms with van der Waals surface area (Å²) >= 11 is 0. The standard InChI is InChI=1S/C25H21F2N3O4/c1-25(2)24(33)30(14-22(31)28-17-10-8-16(26)9-11-17)20-13-15(7-12-21(20)34-25)23(32)29-19-6-4-3-5-18(19)27/h3-13H,14H2,1-2H3,(H,28,31)(H,29,32). The molecule has 0 radical (unpaired) electrons. The van der Waals surface area contributed by atoms with Crippen molar-refractivity contribution in [2.75, 3.05) is 22.1 Å². The highest BCUT2D eigenvalue weighted by Crippen LogP contribution is 2.38. The van der Waals surface area contributed by atoms with Crippen molar-refractivity contribution in [2.45, 2.75) is 19.4 Å². The van der Waals surface area contributed by atoms with Crippen molar-refractivity contribution < 1.29 is 27.9 Å². The average Bonchev–Trinajstić information content (AvgIpc) is 2.79. The summed E-state index contributed by atoms with van der Waals surface area (Å²) in [6.07, 6.45) is 0. The molecule has 34 heavy (non-hydrogen) atoms. The summed E-state index contributed by atoms with van der Waals surface area (Å²) in [6, 6.07) is 15.3. The highest BCUT2D eigenvalue weighted by Gasteiger charge is 2.42. The van der Waals surface area contributed by atoms with E-state index in [1.165, 1.54) is 65.6 Å². The molecule has 0 aliphatic carbocycles. The number of hydrogen-bond acceptors (Lipinski definition) is 4. The molecule has 0 bridgehead atoms. The first-order chi connectivity index (χ1) is 16.1. The van der Waals surface area contributed by atoms with E-state index >= 15 is 0 Å². The number of amides is 3. The van der Waals surface area contributed by atoms with Gasteiger partial charge >= 0.3 is 0 Å². The number of para-hydroxylation sites is 1. The van der Waals surface area contributed by atoms with E-state index in [4.69, 9.17) is 4.74 Å². The SMILES string of the molecule is CC1(C)Oc2ccc(C(=O)Nc3ccccc3F)cc2N(CC(=O)Nc2ccc(F)cc2)C1=O. The van der Waals surface area contributed by atoms with Crippen LogP contribution in [0.5, 0.6) is 5.75 Å². The van der Waals surface area contributed by atoms with Crippen LogP contribution in [0.15, 0.2) is 66.7 Å². The summed E-state index contributed by atoms with van der Waals surface area (Å²) in [5.41, 5.74) is -0.513. The molecule has 174 valence electrons. The number of fused-ring (bicyclic) bond motifs is 1. The number of carbonyl (C=O) groups excluding carboxylic acids is 3. The third-order valence-electron chi connectivity index (χ3n) is 5.19. The molecule has 4 rings (SSSR count). The van der Waals surface area contributed by atoms with Gasteiger partial charge in [0.05, 0.1) is 11.4 Å². The maximum absolute atomic E-state index is 13.9. The van der Waals surface area contributed by atoms with Gasteiger partial charge in [0.1, 0.15) is 23.9 Å². The van der Waals surface area contributed by atoms with Crippen LogP contribution in [0.25, 0.3) is 0 Å². The first-order valence-corrected chi connectivity index (χ1v) is 10.4. The van der Waals surface area contributed by atoms with E-state index in [2.05, 4.69) is 10.6 Å². The van der Waals surface area contributed by atoms with Crippen LogP contribution in [0.1, 0.15) is 24.2 Å². The van der Waals surface area contributed by atoms with Gasteiger partial charge in [0, 0.05) is 11.3 Å². The van der Waals surface area contributed by atoms with Gasteiger partial charge in [-0.15, -0.1) is 0 Å². The molecule has 0 saturated carbocycles. The molecule has 0 spiro atoms. The third kappa shape index (κ3) is 4.73. The van der Waals surface area contributed by atoms with E-state index in [1.807, 2.05) is 0 Å². The lowest BCUT2D eigenvalue weighted by Crippen LogP contribution is -2.54. The fourth-order valence-electron chi connectivity index (χ4n) is 3.50. The predicted octanol–water partition coefficient (Wildman–Crippen LogP) is 4.36. The van der Waals surface area contributed by atoms with Crippen molar-refractivity contribution in [3.63, 3.8) is 0 Å². The number of benzene rings is 3. The minimum Gasteiger partial charge on any atom is -0.476 e. The van der Waals surface area contributed by atoms with Gasteiger partial charge in [-0.3, -0.25) is 19.3 Å². The molecular weight excluding hydrogens is 444 g/mol. The monoisotopic (exact) mass is 465 g/mol. The fraction of sp³-hybridized carbons (Fsp3) is 0.160. The molecule has 1 aliphatic heterocycles. The summed E-state index contributed by atoms with van der Waals surface area (Å²) in [7, 11) is 0. The first-order valence-electron chi connectivity index (χ1n) is 10.4. The number of carbonyl (C=O) groups is 3.